The number of rotatable bonds is 5. The summed E-state index contributed by atoms with van der Waals surface area (Å²) < 4.78 is 7.61. The van der Waals surface area contributed by atoms with Crippen molar-refractivity contribution in [3.63, 3.8) is 0 Å². The van der Waals surface area contributed by atoms with Gasteiger partial charge < -0.3 is 9.30 Å². The zero-order valence-electron chi connectivity index (χ0n) is 18.8. The quantitative estimate of drug-likeness (QED) is 0.242. The number of carbonyl (C=O) groups is 2. The Morgan fingerprint density at radius 1 is 0.861 bits per heavy atom. The minimum atomic E-state index is -0.580. The highest BCUT2D eigenvalue weighted by Crippen LogP contribution is 2.27. The van der Waals surface area contributed by atoms with Crippen LogP contribution in [0.2, 0.25) is 0 Å². The summed E-state index contributed by atoms with van der Waals surface area (Å²) in [5.41, 5.74) is 2.26. The molecule has 2 amide bonds. The lowest BCUT2D eigenvalue weighted by Gasteiger charge is -2.29. The molecule has 1 saturated heterocycles. The first-order valence-electron chi connectivity index (χ1n) is 11.0. The van der Waals surface area contributed by atoms with Gasteiger partial charge in [0.15, 0.2) is 5.11 Å². The van der Waals surface area contributed by atoms with Crippen molar-refractivity contribution in [2.45, 2.75) is 0 Å². The summed E-state index contributed by atoms with van der Waals surface area (Å²) in [7, 11) is 0. The van der Waals surface area contributed by atoms with Crippen LogP contribution in [0, 0.1) is 11.3 Å². The molecular formula is C28H18N4O3S. The molecule has 5 rings (SSSR count). The lowest BCUT2D eigenvalue weighted by atomic mass is 10.1. The molecule has 0 atom stereocenters. The van der Waals surface area contributed by atoms with Gasteiger partial charge in [-0.15, -0.1) is 0 Å². The van der Waals surface area contributed by atoms with Crippen LogP contribution in [0.15, 0.2) is 103 Å². The summed E-state index contributed by atoms with van der Waals surface area (Å²) in [6.45, 7) is 0. The third-order valence-corrected chi connectivity index (χ3v) is 5.79. The second-order valence-corrected chi connectivity index (χ2v) is 8.22. The van der Waals surface area contributed by atoms with Gasteiger partial charge in [0.25, 0.3) is 11.8 Å². The molecule has 1 aliphatic heterocycles. The molecule has 7 nitrogen and oxygen atoms in total. The van der Waals surface area contributed by atoms with E-state index in [1.807, 2.05) is 36.4 Å². The van der Waals surface area contributed by atoms with Crippen molar-refractivity contribution in [3.05, 3.63) is 114 Å². The van der Waals surface area contributed by atoms with Gasteiger partial charge in [-0.3, -0.25) is 19.8 Å². The Hall–Kier alpha value is -5.00. The van der Waals surface area contributed by atoms with E-state index in [1.54, 1.807) is 65.4 Å². The Morgan fingerprint density at radius 3 is 2.36 bits per heavy atom. The zero-order chi connectivity index (χ0) is 25.1. The lowest BCUT2D eigenvalue weighted by Crippen LogP contribution is -2.54. The second-order valence-electron chi connectivity index (χ2n) is 7.83. The fraction of sp³-hybridized carbons (Fsp3) is 0. The van der Waals surface area contributed by atoms with Crippen LogP contribution in [0.4, 0.5) is 5.69 Å². The molecule has 1 aliphatic rings. The summed E-state index contributed by atoms with van der Waals surface area (Å²) >= 11 is 5.31. The van der Waals surface area contributed by atoms with Gasteiger partial charge in [-0.05, 0) is 85.0 Å². The number of aromatic nitrogens is 1. The van der Waals surface area contributed by atoms with Crippen molar-refractivity contribution in [1.29, 1.82) is 5.26 Å². The number of thiocarbonyl (C=S) groups is 1. The van der Waals surface area contributed by atoms with E-state index in [0.29, 0.717) is 28.4 Å². The van der Waals surface area contributed by atoms with Gasteiger partial charge in [0.1, 0.15) is 17.1 Å². The largest absolute Gasteiger partial charge is 0.457 e. The van der Waals surface area contributed by atoms with Crippen LogP contribution in [0.3, 0.4) is 0 Å². The smallest absolute Gasteiger partial charge is 0.270 e. The molecule has 2 heterocycles. The van der Waals surface area contributed by atoms with Gasteiger partial charge in [0.2, 0.25) is 0 Å². The molecule has 8 heteroatoms. The highest BCUT2D eigenvalue weighted by atomic mass is 32.1. The summed E-state index contributed by atoms with van der Waals surface area (Å²) in [5, 5.41) is 11.8. The van der Waals surface area contributed by atoms with Crippen molar-refractivity contribution in [2.24, 2.45) is 0 Å². The van der Waals surface area contributed by atoms with Crippen molar-refractivity contribution in [1.82, 2.24) is 9.88 Å². The Morgan fingerprint density at radius 2 is 1.61 bits per heavy atom. The van der Waals surface area contributed by atoms with Crippen LogP contribution in [0.25, 0.3) is 11.8 Å². The molecule has 0 spiro atoms. The number of amides is 2. The Labute approximate surface area is 212 Å². The number of nitrogens with one attached hydrogen (secondary N) is 1. The lowest BCUT2D eigenvalue weighted by molar-refractivity contribution is -0.122. The first kappa shape index (κ1) is 22.8. The highest BCUT2D eigenvalue weighted by Gasteiger charge is 2.34. The number of nitrogens with zero attached hydrogens (tertiary/aromatic N) is 3. The number of hydrogen-bond acceptors (Lipinski definition) is 5. The van der Waals surface area contributed by atoms with Gasteiger partial charge >= 0.3 is 0 Å². The van der Waals surface area contributed by atoms with E-state index in [2.05, 4.69) is 11.4 Å². The van der Waals surface area contributed by atoms with Gasteiger partial charge in [0, 0.05) is 17.6 Å². The third kappa shape index (κ3) is 4.51. The number of benzene rings is 3. The summed E-state index contributed by atoms with van der Waals surface area (Å²) in [5.74, 6) is 0.163. The highest BCUT2D eigenvalue weighted by molar-refractivity contribution is 7.80. The number of para-hydroxylation sites is 1. The molecule has 1 N–H and O–H groups in total. The standard InChI is InChI=1S/C28H18N4O3S/c29-18-19-6-4-7-21(16-19)31-15-5-8-22(31)17-25-26(33)30-28(36)32(27(25)34)20-11-13-24(14-12-20)35-23-9-2-1-3-10-23/h1-17H,(H,30,33,36)/b25-17-. The zero-order valence-corrected chi connectivity index (χ0v) is 19.6. The fourth-order valence-electron chi connectivity index (χ4n) is 3.80. The van der Waals surface area contributed by atoms with Gasteiger partial charge in [-0.1, -0.05) is 24.3 Å². The van der Waals surface area contributed by atoms with Crippen LogP contribution in [-0.2, 0) is 9.59 Å². The monoisotopic (exact) mass is 490 g/mol. The Balaban J connectivity index is 1.44. The molecule has 0 radical (unpaired) electrons. The molecule has 1 fully saturated rings. The van der Waals surface area contributed by atoms with E-state index in [1.165, 1.54) is 11.0 Å². The van der Waals surface area contributed by atoms with Crippen LogP contribution >= 0.6 is 12.2 Å². The van der Waals surface area contributed by atoms with Gasteiger partial charge in [0.05, 0.1) is 17.3 Å². The first-order chi connectivity index (χ1) is 17.5. The topological polar surface area (TPSA) is 87.4 Å². The molecule has 0 aliphatic carbocycles. The van der Waals surface area contributed by atoms with Gasteiger partial charge in [-0.2, -0.15) is 5.26 Å². The molecule has 0 bridgehead atoms. The number of anilines is 1. The SMILES string of the molecule is N#Cc1cccc(-n2cccc2/C=C2/C(=O)NC(=S)N(c3ccc(Oc4ccccc4)cc3)C2=O)c1. The predicted molar refractivity (Wildman–Crippen MR) is 140 cm³/mol. The second kappa shape index (κ2) is 9.70. The molecule has 36 heavy (non-hydrogen) atoms. The molecule has 0 saturated carbocycles. The average Bonchev–Trinajstić information content (AvgIpc) is 3.36. The van der Waals surface area contributed by atoms with Gasteiger partial charge in [-0.25, -0.2) is 0 Å². The van der Waals surface area contributed by atoms with E-state index >= 15 is 0 Å². The molecule has 4 aromatic rings. The van der Waals surface area contributed by atoms with E-state index in [0.717, 1.165) is 5.69 Å². The fourth-order valence-corrected chi connectivity index (χ4v) is 4.08. The van der Waals surface area contributed by atoms with E-state index in [4.69, 9.17) is 17.0 Å². The van der Waals surface area contributed by atoms with Crippen molar-refractivity contribution >= 4 is 40.9 Å². The molecule has 0 unspecified atom stereocenters. The van der Waals surface area contributed by atoms with Crippen LogP contribution < -0.4 is 15.0 Å². The maximum absolute atomic E-state index is 13.4. The number of nitriles is 1. The Kier molecular flexibility index (Phi) is 6.14. The third-order valence-electron chi connectivity index (χ3n) is 5.50. The van der Waals surface area contributed by atoms with Crippen LogP contribution in [-0.4, -0.2) is 21.5 Å². The maximum atomic E-state index is 13.4. The maximum Gasteiger partial charge on any atom is 0.270 e. The molecular weight excluding hydrogens is 472 g/mol. The number of ether oxygens (including phenoxy) is 1. The minimum Gasteiger partial charge on any atom is -0.457 e. The van der Waals surface area contributed by atoms with Crippen molar-refractivity contribution in [3.8, 4) is 23.3 Å². The Bertz CT molecular complexity index is 1550. The van der Waals surface area contributed by atoms with Crippen LogP contribution in [0.5, 0.6) is 11.5 Å². The normalized spacial score (nSPS) is 14.5. The van der Waals surface area contributed by atoms with E-state index in [-0.39, 0.29) is 10.7 Å². The first-order valence-corrected chi connectivity index (χ1v) is 11.4. The van der Waals surface area contributed by atoms with Crippen molar-refractivity contribution in [2.75, 3.05) is 4.90 Å². The molecule has 1 aromatic heterocycles. The predicted octanol–water partition coefficient (Wildman–Crippen LogP) is 4.97. The average molecular weight is 491 g/mol. The molecule has 174 valence electrons. The molecule has 3 aromatic carbocycles. The summed E-state index contributed by atoms with van der Waals surface area (Å²) in [6.07, 6.45) is 3.31. The van der Waals surface area contributed by atoms with Crippen LogP contribution in [0.1, 0.15) is 11.3 Å². The number of carbonyl (C=O) groups excluding carboxylic acids is 2. The number of hydrogen-bond donors (Lipinski definition) is 1. The summed E-state index contributed by atoms with van der Waals surface area (Å²) in [4.78, 5) is 27.4. The van der Waals surface area contributed by atoms with E-state index < -0.39 is 11.8 Å². The van der Waals surface area contributed by atoms with E-state index in [9.17, 15) is 14.9 Å². The van der Waals surface area contributed by atoms with Crippen molar-refractivity contribution < 1.29 is 14.3 Å². The summed E-state index contributed by atoms with van der Waals surface area (Å²) in [6, 6.07) is 28.9. The minimum absolute atomic E-state index is 0.00372.